The first-order chi connectivity index (χ1) is 7.71. The van der Waals surface area contributed by atoms with E-state index in [0.29, 0.717) is 6.42 Å². The van der Waals surface area contributed by atoms with Gasteiger partial charge in [0, 0.05) is 12.0 Å². The van der Waals surface area contributed by atoms with Gasteiger partial charge in [0.2, 0.25) is 0 Å². The monoisotopic (exact) mass is 214 g/mol. The number of rotatable bonds is 4. The molecule has 0 N–H and O–H groups in total. The Morgan fingerprint density at radius 3 is 2.62 bits per heavy atom. The Balaban J connectivity index is 2.83. The molecule has 2 nitrogen and oxygen atoms in total. The minimum Gasteiger partial charge on any atom is -0.444 e. The lowest BCUT2D eigenvalue weighted by Crippen LogP contribution is -2.08. The zero-order chi connectivity index (χ0) is 12.0. The average molecular weight is 214 g/mol. The van der Waals surface area contributed by atoms with E-state index in [1.807, 2.05) is 24.3 Å². The van der Waals surface area contributed by atoms with Crippen molar-refractivity contribution in [3.63, 3.8) is 0 Å². The highest BCUT2D eigenvalue weighted by molar-refractivity contribution is 5.69. The van der Waals surface area contributed by atoms with Crippen LogP contribution >= 0.6 is 0 Å². The fourth-order valence-corrected chi connectivity index (χ4v) is 1.22. The molecule has 1 aromatic rings. The van der Waals surface area contributed by atoms with E-state index in [1.54, 1.807) is 13.0 Å². The van der Waals surface area contributed by atoms with Crippen LogP contribution in [-0.4, -0.2) is 5.97 Å². The Bertz CT molecular complexity index is 409. The van der Waals surface area contributed by atoms with Crippen LogP contribution in [0.25, 0.3) is 6.08 Å². The Labute approximate surface area is 95.9 Å². The molecule has 16 heavy (non-hydrogen) atoms. The average Bonchev–Trinajstić information content (AvgIpc) is 2.35. The molecule has 0 amide bonds. The second-order valence-electron chi connectivity index (χ2n) is 3.26. The molecule has 0 aliphatic heterocycles. The minimum absolute atomic E-state index is 0.296. The summed E-state index contributed by atoms with van der Waals surface area (Å²) in [5, 5.41) is 0. The number of hydrogen-bond donors (Lipinski definition) is 0. The van der Waals surface area contributed by atoms with E-state index in [1.165, 1.54) is 0 Å². The quantitative estimate of drug-likeness (QED) is 0.569. The topological polar surface area (TPSA) is 26.3 Å². The van der Waals surface area contributed by atoms with Crippen molar-refractivity contribution >= 4 is 12.0 Å². The molecule has 0 spiro atoms. The van der Waals surface area contributed by atoms with Gasteiger partial charge in [-0.15, -0.1) is 6.42 Å². The van der Waals surface area contributed by atoms with Crippen molar-refractivity contribution in [2.45, 2.75) is 19.4 Å². The highest BCUT2D eigenvalue weighted by Crippen LogP contribution is 2.18. The van der Waals surface area contributed by atoms with Crippen LogP contribution in [-0.2, 0) is 9.53 Å². The van der Waals surface area contributed by atoms with E-state index in [2.05, 4.69) is 12.5 Å². The van der Waals surface area contributed by atoms with E-state index in [-0.39, 0.29) is 5.97 Å². The van der Waals surface area contributed by atoms with Gasteiger partial charge in [0.05, 0.1) is 0 Å². The predicted octanol–water partition coefficient (Wildman–Crippen LogP) is 2.96. The molecule has 0 fully saturated rings. The van der Waals surface area contributed by atoms with E-state index in [4.69, 9.17) is 11.2 Å². The van der Waals surface area contributed by atoms with Crippen LogP contribution in [0, 0.1) is 12.3 Å². The van der Waals surface area contributed by atoms with Crippen molar-refractivity contribution in [3.05, 3.63) is 42.0 Å². The van der Waals surface area contributed by atoms with Crippen molar-refractivity contribution in [3.8, 4) is 12.3 Å². The molecule has 0 aliphatic carbocycles. The van der Waals surface area contributed by atoms with Crippen molar-refractivity contribution in [1.29, 1.82) is 0 Å². The van der Waals surface area contributed by atoms with Gasteiger partial charge in [0.15, 0.2) is 6.10 Å². The molecule has 0 aliphatic rings. The molecule has 0 bridgehead atoms. The smallest absolute Gasteiger partial charge is 0.307 e. The molecule has 0 saturated heterocycles. The largest absolute Gasteiger partial charge is 0.444 e. The first-order valence-corrected chi connectivity index (χ1v) is 5.09. The molecule has 0 heterocycles. The van der Waals surface area contributed by atoms with Crippen LogP contribution in [0.3, 0.4) is 0 Å². The summed E-state index contributed by atoms with van der Waals surface area (Å²) in [6.45, 7) is 5.39. The Kier molecular flexibility index (Phi) is 4.35. The van der Waals surface area contributed by atoms with E-state index >= 15 is 0 Å². The van der Waals surface area contributed by atoms with E-state index in [9.17, 15) is 4.79 Å². The second kappa shape index (κ2) is 5.77. The van der Waals surface area contributed by atoms with Crippen LogP contribution in [0.15, 0.2) is 30.8 Å². The zero-order valence-corrected chi connectivity index (χ0v) is 9.27. The molecule has 1 aromatic carbocycles. The van der Waals surface area contributed by atoms with Crippen molar-refractivity contribution in [1.82, 2.24) is 0 Å². The normalized spacial score (nSPS) is 11.2. The van der Waals surface area contributed by atoms with Gasteiger partial charge in [-0.3, -0.25) is 4.79 Å². The number of benzene rings is 1. The lowest BCUT2D eigenvalue weighted by atomic mass is 10.1. The van der Waals surface area contributed by atoms with Gasteiger partial charge in [0.25, 0.3) is 0 Å². The zero-order valence-electron chi connectivity index (χ0n) is 9.27. The van der Waals surface area contributed by atoms with Gasteiger partial charge in [-0.05, 0) is 5.56 Å². The Morgan fingerprint density at radius 2 is 2.19 bits per heavy atom. The van der Waals surface area contributed by atoms with Gasteiger partial charge in [0.1, 0.15) is 0 Å². The molecule has 0 radical (unpaired) electrons. The Morgan fingerprint density at radius 1 is 1.56 bits per heavy atom. The third-order valence-corrected chi connectivity index (χ3v) is 2.16. The van der Waals surface area contributed by atoms with Gasteiger partial charge in [-0.25, -0.2) is 0 Å². The maximum absolute atomic E-state index is 11.1. The first kappa shape index (κ1) is 12.1. The summed E-state index contributed by atoms with van der Waals surface area (Å²) in [5.74, 6) is 2.16. The summed E-state index contributed by atoms with van der Waals surface area (Å²) >= 11 is 0. The van der Waals surface area contributed by atoms with Gasteiger partial charge < -0.3 is 4.74 Å². The molecule has 1 unspecified atom stereocenters. The molecule has 0 aromatic heterocycles. The molecule has 0 saturated carbocycles. The first-order valence-electron chi connectivity index (χ1n) is 5.09. The summed E-state index contributed by atoms with van der Waals surface area (Å²) in [7, 11) is 0. The summed E-state index contributed by atoms with van der Waals surface area (Å²) in [6.07, 6.45) is 6.79. The van der Waals surface area contributed by atoms with Gasteiger partial charge >= 0.3 is 5.97 Å². The van der Waals surface area contributed by atoms with Crippen LogP contribution < -0.4 is 0 Å². The van der Waals surface area contributed by atoms with Gasteiger partial charge in [-0.1, -0.05) is 49.8 Å². The van der Waals surface area contributed by atoms with Crippen molar-refractivity contribution in [2.75, 3.05) is 0 Å². The summed E-state index contributed by atoms with van der Waals surface area (Å²) in [6, 6.07) is 7.44. The Hall–Kier alpha value is -2.01. The third-order valence-electron chi connectivity index (χ3n) is 2.16. The van der Waals surface area contributed by atoms with E-state index < -0.39 is 6.10 Å². The van der Waals surface area contributed by atoms with Crippen LogP contribution in [0.2, 0.25) is 0 Å². The molecular formula is C14H14O2. The number of hydrogen-bond acceptors (Lipinski definition) is 2. The molecule has 2 heteroatoms. The minimum atomic E-state index is -0.605. The molecule has 1 rings (SSSR count). The van der Waals surface area contributed by atoms with E-state index in [0.717, 1.165) is 11.1 Å². The van der Waals surface area contributed by atoms with Crippen LogP contribution in [0.1, 0.15) is 30.6 Å². The molecule has 82 valence electrons. The number of carbonyl (C=O) groups excluding carboxylic acids is 1. The number of esters is 1. The second-order valence-corrected chi connectivity index (χ2v) is 3.26. The highest BCUT2D eigenvalue weighted by atomic mass is 16.5. The SMILES string of the molecule is C#CC(OC(=O)CC)c1ccc(C=C)cc1. The summed E-state index contributed by atoms with van der Waals surface area (Å²) in [4.78, 5) is 11.1. The standard InChI is InChI=1S/C14H14O2/c1-4-11-7-9-12(10-8-11)13(5-2)16-14(15)6-3/h2,4,7-10,13H,1,6H2,3H3. The third kappa shape index (κ3) is 2.99. The fraction of sp³-hybridized carbons (Fsp3) is 0.214. The van der Waals surface area contributed by atoms with Crippen molar-refractivity contribution in [2.24, 2.45) is 0 Å². The number of terminal acetylenes is 1. The van der Waals surface area contributed by atoms with Crippen LogP contribution in [0.5, 0.6) is 0 Å². The predicted molar refractivity (Wildman–Crippen MR) is 64.5 cm³/mol. The number of ether oxygens (including phenoxy) is 1. The lowest BCUT2D eigenvalue weighted by Gasteiger charge is -2.12. The fourth-order valence-electron chi connectivity index (χ4n) is 1.22. The maximum Gasteiger partial charge on any atom is 0.307 e. The van der Waals surface area contributed by atoms with Crippen molar-refractivity contribution < 1.29 is 9.53 Å². The molecule has 1 atom stereocenters. The maximum atomic E-state index is 11.1. The van der Waals surface area contributed by atoms with Crippen LogP contribution in [0.4, 0.5) is 0 Å². The highest BCUT2D eigenvalue weighted by Gasteiger charge is 2.12. The van der Waals surface area contributed by atoms with Gasteiger partial charge in [-0.2, -0.15) is 0 Å². The number of carbonyl (C=O) groups is 1. The summed E-state index contributed by atoms with van der Waals surface area (Å²) < 4.78 is 5.11. The molecular weight excluding hydrogens is 200 g/mol. The lowest BCUT2D eigenvalue weighted by molar-refractivity contribution is -0.146. The summed E-state index contributed by atoms with van der Waals surface area (Å²) in [5.41, 5.74) is 1.80.